The summed E-state index contributed by atoms with van der Waals surface area (Å²) in [6.07, 6.45) is -17.6. The van der Waals surface area contributed by atoms with Crippen molar-refractivity contribution >= 4 is 11.0 Å². The molecule has 6 unspecified atom stereocenters. The molecule has 252 valence electrons. The number of rotatable bonds is 8. The number of aliphatic hydroxyl groups excluding tert-OH is 8. The summed E-state index contributed by atoms with van der Waals surface area (Å²) in [5.74, 6) is -4.05. The monoisotopic (exact) mass is 656 g/mol. The van der Waals surface area contributed by atoms with E-state index in [1.807, 2.05) is 0 Å². The van der Waals surface area contributed by atoms with E-state index in [2.05, 4.69) is 0 Å². The number of ether oxygens (including phenoxy) is 5. The molecule has 0 amide bonds. The maximum Gasteiger partial charge on any atom is 0.239 e. The Morgan fingerprint density at radius 1 is 0.717 bits per heavy atom. The van der Waals surface area contributed by atoms with Gasteiger partial charge in [-0.3, -0.25) is 4.79 Å². The maximum atomic E-state index is 13.8. The van der Waals surface area contributed by atoms with Gasteiger partial charge in [0.1, 0.15) is 71.3 Å². The van der Waals surface area contributed by atoms with Gasteiger partial charge in [0.25, 0.3) is 0 Å². The van der Waals surface area contributed by atoms with Crippen LogP contribution in [-0.2, 0) is 9.47 Å². The fraction of sp³-hybridized carbons (Fsp3) is 0.464. The highest BCUT2D eigenvalue weighted by molar-refractivity contribution is 5.88. The van der Waals surface area contributed by atoms with Gasteiger partial charge in [-0.1, -0.05) is 0 Å². The van der Waals surface area contributed by atoms with E-state index in [1.54, 1.807) is 0 Å². The number of phenols is 3. The van der Waals surface area contributed by atoms with Crippen LogP contribution in [0.15, 0.2) is 33.5 Å². The number of phenolic OH excluding ortho intramolecular Hbond substituents is 3. The molecule has 0 bridgehead atoms. The second-order valence-electron chi connectivity index (χ2n) is 10.6. The standard InChI is InChI=1S/C28H32O18/c1-41-12-2-8(3-13(17(12)33)43-27-23(39)21(37)18(34)14(6-29)44-27)25-26(20(36)16-10(32)4-9(31)5-11(16)42-25)46-28-24(40)22(38)19(35)15(7-30)45-28/h2-5,14-15,18-19,21-24,27-35,37-40H,6-7H2,1H3/t14?,15?,18-,19-,21?,22?,23?,24?,27+,28-/m0/s1. The van der Waals surface area contributed by atoms with Crippen LogP contribution in [0.5, 0.6) is 34.5 Å². The fourth-order valence-corrected chi connectivity index (χ4v) is 5.09. The zero-order valence-electron chi connectivity index (χ0n) is 23.8. The van der Waals surface area contributed by atoms with Crippen molar-refractivity contribution in [3.63, 3.8) is 0 Å². The van der Waals surface area contributed by atoms with E-state index in [4.69, 9.17) is 28.1 Å². The molecule has 1 aromatic heterocycles. The van der Waals surface area contributed by atoms with E-state index in [1.165, 1.54) is 0 Å². The summed E-state index contributed by atoms with van der Waals surface area (Å²) in [5, 5.41) is 112. The lowest BCUT2D eigenvalue weighted by molar-refractivity contribution is -0.277. The molecule has 46 heavy (non-hydrogen) atoms. The first-order valence-electron chi connectivity index (χ1n) is 13.7. The zero-order valence-corrected chi connectivity index (χ0v) is 23.8. The van der Waals surface area contributed by atoms with Gasteiger partial charge in [-0.05, 0) is 12.1 Å². The Morgan fingerprint density at radius 2 is 1.26 bits per heavy atom. The van der Waals surface area contributed by atoms with Crippen LogP contribution < -0.4 is 19.6 Å². The van der Waals surface area contributed by atoms with Crippen molar-refractivity contribution in [1.82, 2.24) is 0 Å². The Morgan fingerprint density at radius 3 is 1.80 bits per heavy atom. The van der Waals surface area contributed by atoms with Crippen LogP contribution >= 0.6 is 0 Å². The van der Waals surface area contributed by atoms with Crippen molar-refractivity contribution in [1.29, 1.82) is 0 Å². The lowest BCUT2D eigenvalue weighted by atomic mass is 9.99. The zero-order chi connectivity index (χ0) is 33.6. The molecule has 18 nitrogen and oxygen atoms in total. The number of aromatic hydroxyl groups is 3. The van der Waals surface area contributed by atoms with Gasteiger partial charge in [0.2, 0.25) is 29.5 Å². The summed E-state index contributed by atoms with van der Waals surface area (Å²) in [4.78, 5) is 13.8. The predicted molar refractivity (Wildman–Crippen MR) is 148 cm³/mol. The lowest BCUT2D eigenvalue weighted by Crippen LogP contribution is -2.60. The average Bonchev–Trinajstić information content (AvgIpc) is 3.02. The SMILES string of the molecule is COc1cc(-c2oc3cc(O)cc(O)c3c(=O)c2O[C@@H]2OC(CO)[C@H](O)C(O)C2O)cc(O[C@@H]2OC(CO)[C@H](O)C(O)C2O)c1O. The Bertz CT molecular complexity index is 1620. The van der Waals surface area contributed by atoms with Crippen molar-refractivity contribution in [3.05, 3.63) is 34.5 Å². The third-order valence-electron chi connectivity index (χ3n) is 7.61. The van der Waals surface area contributed by atoms with E-state index in [-0.39, 0.29) is 16.9 Å². The highest BCUT2D eigenvalue weighted by atomic mass is 16.7. The molecule has 0 radical (unpaired) electrons. The summed E-state index contributed by atoms with van der Waals surface area (Å²) in [5.41, 5.74) is -1.65. The van der Waals surface area contributed by atoms with Gasteiger partial charge in [-0.2, -0.15) is 0 Å². The number of benzene rings is 2. The molecule has 18 heteroatoms. The molecule has 2 fully saturated rings. The molecule has 2 aromatic carbocycles. The molecule has 5 rings (SSSR count). The van der Waals surface area contributed by atoms with E-state index in [9.17, 15) is 61.0 Å². The molecule has 3 heterocycles. The predicted octanol–water partition coefficient (Wildman–Crippen LogP) is -3.06. The van der Waals surface area contributed by atoms with Crippen LogP contribution in [0, 0.1) is 0 Å². The van der Waals surface area contributed by atoms with E-state index in [0.717, 1.165) is 31.4 Å². The van der Waals surface area contributed by atoms with Crippen LogP contribution in [0.3, 0.4) is 0 Å². The quantitative estimate of drug-likeness (QED) is 0.115. The molecule has 11 N–H and O–H groups in total. The van der Waals surface area contributed by atoms with Gasteiger partial charge in [-0.25, -0.2) is 0 Å². The molecule has 2 aliphatic heterocycles. The first kappa shape index (κ1) is 33.4. The number of hydrogen-bond acceptors (Lipinski definition) is 18. The minimum Gasteiger partial charge on any atom is -0.508 e. The summed E-state index contributed by atoms with van der Waals surface area (Å²) < 4.78 is 33.0. The Balaban J connectivity index is 1.66. The van der Waals surface area contributed by atoms with Crippen molar-refractivity contribution in [2.24, 2.45) is 0 Å². The van der Waals surface area contributed by atoms with Gasteiger partial charge in [0.05, 0.1) is 20.3 Å². The van der Waals surface area contributed by atoms with E-state index in [0.29, 0.717) is 0 Å². The summed E-state index contributed by atoms with van der Waals surface area (Å²) in [6.45, 7) is -1.60. The lowest BCUT2D eigenvalue weighted by Gasteiger charge is -2.39. The van der Waals surface area contributed by atoms with Gasteiger partial charge >= 0.3 is 0 Å². The van der Waals surface area contributed by atoms with Crippen LogP contribution in [-0.4, -0.2) is 138 Å². The van der Waals surface area contributed by atoms with Gasteiger partial charge in [0, 0.05) is 17.7 Å². The minimum atomic E-state index is -1.98. The highest BCUT2D eigenvalue weighted by Gasteiger charge is 2.46. The molecule has 0 saturated carbocycles. The summed E-state index contributed by atoms with van der Waals surface area (Å²) in [6, 6.07) is 3.99. The summed E-state index contributed by atoms with van der Waals surface area (Å²) >= 11 is 0. The van der Waals surface area contributed by atoms with Crippen LogP contribution in [0.4, 0.5) is 0 Å². The first-order chi connectivity index (χ1) is 21.8. The minimum absolute atomic E-state index is 0.185. The normalized spacial score (nSPS) is 31.5. The second kappa shape index (κ2) is 13.0. The van der Waals surface area contributed by atoms with Crippen LogP contribution in [0.2, 0.25) is 0 Å². The number of hydrogen-bond donors (Lipinski definition) is 11. The molecule has 10 atom stereocenters. The van der Waals surface area contributed by atoms with E-state index < -0.39 is 120 Å². The Labute approximate surface area is 257 Å². The first-order valence-corrected chi connectivity index (χ1v) is 13.7. The number of methoxy groups -OCH3 is 1. The van der Waals surface area contributed by atoms with E-state index >= 15 is 0 Å². The third kappa shape index (κ3) is 5.86. The van der Waals surface area contributed by atoms with Crippen LogP contribution in [0.1, 0.15) is 0 Å². The Kier molecular flexibility index (Phi) is 9.47. The summed E-state index contributed by atoms with van der Waals surface area (Å²) in [7, 11) is 1.15. The molecule has 3 aromatic rings. The second-order valence-corrected chi connectivity index (χ2v) is 10.6. The van der Waals surface area contributed by atoms with Crippen molar-refractivity contribution in [2.45, 2.75) is 61.4 Å². The van der Waals surface area contributed by atoms with Gasteiger partial charge in [-0.15, -0.1) is 0 Å². The van der Waals surface area contributed by atoms with Gasteiger partial charge < -0.3 is 84.3 Å². The van der Waals surface area contributed by atoms with Crippen molar-refractivity contribution < 1.29 is 84.3 Å². The average molecular weight is 657 g/mol. The third-order valence-corrected chi connectivity index (χ3v) is 7.61. The van der Waals surface area contributed by atoms with Crippen LogP contribution in [0.25, 0.3) is 22.3 Å². The largest absolute Gasteiger partial charge is 0.508 e. The number of aliphatic hydroxyl groups is 8. The molecular weight excluding hydrogens is 624 g/mol. The van der Waals surface area contributed by atoms with Crippen molar-refractivity contribution in [3.8, 4) is 45.8 Å². The van der Waals surface area contributed by atoms with Crippen molar-refractivity contribution in [2.75, 3.05) is 20.3 Å². The topological polar surface area (TPSA) is 299 Å². The molecule has 2 aliphatic rings. The molecule has 2 saturated heterocycles. The maximum absolute atomic E-state index is 13.8. The molecular formula is C28H32O18. The fourth-order valence-electron chi connectivity index (χ4n) is 5.09. The molecule has 0 aliphatic carbocycles. The Hall–Kier alpha value is -3.95. The smallest absolute Gasteiger partial charge is 0.239 e. The van der Waals surface area contributed by atoms with Gasteiger partial charge in [0.15, 0.2) is 17.3 Å². The molecule has 0 spiro atoms. The number of fused-ring (bicyclic) bond motifs is 1. The highest BCUT2D eigenvalue weighted by Crippen LogP contribution is 2.45.